The second-order valence-electron chi connectivity index (χ2n) is 6.64. The molecule has 2 aromatic rings. The maximum atomic E-state index is 3.90. The molecule has 3 rings (SSSR count). The zero-order valence-electron chi connectivity index (χ0n) is 14.3. The van der Waals surface area contributed by atoms with E-state index in [1.54, 1.807) is 11.3 Å². The quantitative estimate of drug-likeness (QED) is 0.680. The van der Waals surface area contributed by atoms with Crippen molar-refractivity contribution in [1.29, 1.82) is 0 Å². The topological polar surface area (TPSA) is 8.17 Å². The minimum absolute atomic E-state index is 0.466. The first-order chi connectivity index (χ1) is 11.3. The Morgan fingerprint density at radius 1 is 1.13 bits per heavy atom. The summed E-state index contributed by atoms with van der Waals surface area (Å²) in [6, 6.07) is 9.39. The lowest BCUT2D eigenvalue weighted by Crippen LogP contribution is -2.36. The van der Waals surface area contributed by atoms with Crippen LogP contribution in [0.3, 0.4) is 0 Å². The summed E-state index contributed by atoms with van der Waals surface area (Å²) in [7, 11) is 0. The second kappa shape index (κ2) is 7.18. The highest BCUT2D eigenvalue weighted by molar-refractivity contribution is 5.85. The molecule has 122 valence electrons. The van der Waals surface area contributed by atoms with E-state index in [1.165, 1.54) is 36.6 Å². The first-order valence-corrected chi connectivity index (χ1v) is 8.81. The number of aromatic nitrogens is 1. The van der Waals surface area contributed by atoms with Crippen molar-refractivity contribution in [3.8, 4) is 0 Å². The normalized spacial score (nSPS) is 15.6. The molecule has 1 heterocycles. The second-order valence-corrected chi connectivity index (χ2v) is 6.64. The van der Waals surface area contributed by atoms with Crippen molar-refractivity contribution in [1.82, 2.24) is 9.47 Å². The van der Waals surface area contributed by atoms with E-state index in [4.69, 9.17) is 0 Å². The molecular weight excluding hydrogens is 280 g/mol. The van der Waals surface area contributed by atoms with Gasteiger partial charge in [0.2, 0.25) is 0 Å². The lowest BCUT2D eigenvalue weighted by Gasteiger charge is -2.28. The fraction of sp³-hybridized carbons (Fsp3) is 0.429. The van der Waals surface area contributed by atoms with Gasteiger partial charge in [-0.3, -0.25) is 4.90 Å². The molecule has 0 aliphatic heterocycles. The van der Waals surface area contributed by atoms with Crippen LogP contribution in [0.2, 0.25) is 0 Å². The summed E-state index contributed by atoms with van der Waals surface area (Å²) in [5.74, 6) is 0. The van der Waals surface area contributed by atoms with Crippen LogP contribution < -0.4 is 0 Å². The lowest BCUT2D eigenvalue weighted by molar-refractivity contribution is 0.233. The minimum Gasteiger partial charge on any atom is -0.343 e. The number of hydrogen-bond acceptors (Lipinski definition) is 1. The van der Waals surface area contributed by atoms with Crippen LogP contribution in [0.4, 0.5) is 0 Å². The molecule has 1 aromatic heterocycles. The van der Waals surface area contributed by atoms with E-state index in [0.29, 0.717) is 6.04 Å². The molecule has 1 aliphatic rings. The Morgan fingerprint density at radius 3 is 2.57 bits per heavy atom. The van der Waals surface area contributed by atoms with Crippen LogP contribution in [0.15, 0.2) is 49.6 Å². The molecule has 0 fully saturated rings. The molecule has 1 atom stereocenters. The molecule has 0 amide bonds. The Labute approximate surface area is 140 Å². The van der Waals surface area contributed by atoms with Crippen molar-refractivity contribution in [3.05, 3.63) is 60.8 Å². The zero-order valence-corrected chi connectivity index (χ0v) is 14.3. The third-order valence-corrected chi connectivity index (χ3v) is 5.08. The molecule has 1 aromatic carbocycles. The Hall–Kier alpha value is -1.80. The average molecular weight is 308 g/mol. The molecule has 0 spiro atoms. The van der Waals surface area contributed by atoms with Crippen LogP contribution in [0.25, 0.3) is 10.9 Å². The van der Waals surface area contributed by atoms with Gasteiger partial charge in [0.15, 0.2) is 0 Å². The van der Waals surface area contributed by atoms with Gasteiger partial charge in [-0.1, -0.05) is 30.4 Å². The van der Waals surface area contributed by atoms with E-state index in [1.807, 2.05) is 12.2 Å². The monoisotopic (exact) mass is 308 g/mol. The molecular formula is C21H28N2. The van der Waals surface area contributed by atoms with Crippen molar-refractivity contribution >= 4 is 10.9 Å². The number of rotatable bonds is 7. The number of benzene rings is 1. The fourth-order valence-corrected chi connectivity index (χ4v) is 3.94. The molecule has 0 saturated heterocycles. The van der Waals surface area contributed by atoms with Crippen LogP contribution in [0, 0.1) is 0 Å². The SMILES string of the molecule is C=CCN(CC=C)C(C)Cn1c2c(c3ccccc31)CCCC2. The third-order valence-electron chi connectivity index (χ3n) is 5.08. The van der Waals surface area contributed by atoms with Gasteiger partial charge >= 0.3 is 0 Å². The summed E-state index contributed by atoms with van der Waals surface area (Å²) in [6.07, 6.45) is 9.09. The number of aryl methyl sites for hydroxylation is 1. The van der Waals surface area contributed by atoms with Crippen LogP contribution in [-0.2, 0) is 19.4 Å². The molecule has 1 unspecified atom stereocenters. The highest BCUT2D eigenvalue weighted by Gasteiger charge is 2.21. The van der Waals surface area contributed by atoms with Gasteiger partial charge in [-0.05, 0) is 44.2 Å². The average Bonchev–Trinajstić information content (AvgIpc) is 2.89. The zero-order chi connectivity index (χ0) is 16.2. The number of hydrogen-bond donors (Lipinski definition) is 0. The molecule has 0 N–H and O–H groups in total. The summed E-state index contributed by atoms with van der Waals surface area (Å²) < 4.78 is 2.58. The van der Waals surface area contributed by atoms with E-state index in [2.05, 4.69) is 53.8 Å². The highest BCUT2D eigenvalue weighted by atomic mass is 15.2. The Morgan fingerprint density at radius 2 is 1.83 bits per heavy atom. The molecule has 2 nitrogen and oxygen atoms in total. The van der Waals surface area contributed by atoms with Crippen molar-refractivity contribution in [3.63, 3.8) is 0 Å². The maximum absolute atomic E-state index is 3.90. The molecule has 0 bridgehead atoms. The smallest absolute Gasteiger partial charge is 0.0485 e. The van der Waals surface area contributed by atoms with E-state index in [-0.39, 0.29) is 0 Å². The van der Waals surface area contributed by atoms with Gasteiger partial charge in [-0.15, -0.1) is 13.2 Å². The molecule has 2 heteroatoms. The first kappa shape index (κ1) is 16.1. The summed E-state index contributed by atoms with van der Waals surface area (Å²) in [5.41, 5.74) is 4.57. The van der Waals surface area contributed by atoms with Gasteiger partial charge in [0.1, 0.15) is 0 Å². The van der Waals surface area contributed by atoms with Crippen molar-refractivity contribution in [2.75, 3.05) is 13.1 Å². The van der Waals surface area contributed by atoms with Gasteiger partial charge in [-0.2, -0.15) is 0 Å². The van der Waals surface area contributed by atoms with Gasteiger partial charge < -0.3 is 4.57 Å². The van der Waals surface area contributed by atoms with Gasteiger partial charge in [0.05, 0.1) is 0 Å². The Balaban J connectivity index is 1.96. The predicted octanol–water partition coefficient (Wildman–Crippen LogP) is 4.58. The Bertz CT molecular complexity index is 685. The summed E-state index contributed by atoms with van der Waals surface area (Å²) in [5, 5.41) is 1.47. The van der Waals surface area contributed by atoms with E-state index in [9.17, 15) is 0 Å². The Kier molecular flexibility index (Phi) is 5.02. The van der Waals surface area contributed by atoms with E-state index in [0.717, 1.165) is 19.6 Å². The molecule has 0 radical (unpaired) electrons. The highest BCUT2D eigenvalue weighted by Crippen LogP contribution is 2.32. The van der Waals surface area contributed by atoms with Crippen LogP contribution in [0.1, 0.15) is 31.0 Å². The lowest BCUT2D eigenvalue weighted by atomic mass is 9.95. The van der Waals surface area contributed by atoms with Crippen LogP contribution in [0.5, 0.6) is 0 Å². The predicted molar refractivity (Wildman–Crippen MR) is 100 cm³/mol. The summed E-state index contributed by atoms with van der Waals surface area (Å²) in [4.78, 5) is 2.43. The maximum Gasteiger partial charge on any atom is 0.0485 e. The van der Waals surface area contributed by atoms with Gasteiger partial charge in [0, 0.05) is 42.3 Å². The standard InChI is InChI=1S/C21H28N2/c1-4-14-22(15-5-2)17(3)16-23-20-12-8-6-10-18(20)19-11-7-9-13-21(19)23/h4-6,8,10,12,17H,1-2,7,9,11,13-16H2,3H3. The minimum atomic E-state index is 0.466. The van der Waals surface area contributed by atoms with Gasteiger partial charge in [0.25, 0.3) is 0 Å². The molecule has 0 saturated carbocycles. The van der Waals surface area contributed by atoms with Crippen molar-refractivity contribution in [2.45, 2.75) is 45.2 Å². The number of nitrogens with zero attached hydrogens (tertiary/aromatic N) is 2. The van der Waals surface area contributed by atoms with Crippen LogP contribution >= 0.6 is 0 Å². The van der Waals surface area contributed by atoms with Gasteiger partial charge in [-0.25, -0.2) is 0 Å². The van der Waals surface area contributed by atoms with Crippen molar-refractivity contribution < 1.29 is 0 Å². The number of para-hydroxylation sites is 1. The van der Waals surface area contributed by atoms with Crippen LogP contribution in [-0.4, -0.2) is 28.6 Å². The summed E-state index contributed by atoms with van der Waals surface area (Å²) in [6.45, 7) is 13.0. The fourth-order valence-electron chi connectivity index (χ4n) is 3.94. The third kappa shape index (κ3) is 3.13. The molecule has 23 heavy (non-hydrogen) atoms. The van der Waals surface area contributed by atoms with E-state index < -0.39 is 0 Å². The molecule has 1 aliphatic carbocycles. The number of fused-ring (bicyclic) bond motifs is 3. The summed E-state index contributed by atoms with van der Waals surface area (Å²) >= 11 is 0. The first-order valence-electron chi connectivity index (χ1n) is 8.81. The van der Waals surface area contributed by atoms with Crippen molar-refractivity contribution in [2.24, 2.45) is 0 Å². The van der Waals surface area contributed by atoms with E-state index >= 15 is 0 Å². The largest absolute Gasteiger partial charge is 0.343 e.